The summed E-state index contributed by atoms with van der Waals surface area (Å²) in [6, 6.07) is 6.67. The number of aliphatic hydroxyl groups excluding tert-OH is 1. The van der Waals surface area contributed by atoms with E-state index in [1.165, 1.54) is 0 Å². The lowest BCUT2D eigenvalue weighted by Crippen LogP contribution is -2.59. The molecule has 290 valence electrons. The first kappa shape index (κ1) is 44.1. The summed E-state index contributed by atoms with van der Waals surface area (Å²) in [5.74, 6) is -1.62. The minimum atomic E-state index is -0.875. The van der Waals surface area contributed by atoms with E-state index in [0.29, 0.717) is 18.5 Å². The third kappa shape index (κ3) is 11.5. The van der Waals surface area contributed by atoms with Crippen LogP contribution in [-0.2, 0) is 28.7 Å². The second-order valence-corrected chi connectivity index (χ2v) is 15.0. The first-order valence-corrected chi connectivity index (χ1v) is 18.7. The molecule has 1 unspecified atom stereocenters. The lowest BCUT2D eigenvalue weighted by molar-refractivity contribution is -0.148. The Kier molecular flexibility index (Phi) is 18.0. The Labute approximate surface area is 306 Å². The Hall–Kier alpha value is -3.06. The Morgan fingerprint density at radius 3 is 2.04 bits per heavy atom. The van der Waals surface area contributed by atoms with Crippen molar-refractivity contribution < 1.29 is 33.8 Å². The number of hydrogen-bond acceptors (Lipinski definition) is 8. The van der Waals surface area contributed by atoms with Gasteiger partial charge in [-0.2, -0.15) is 0 Å². The fraction of sp³-hybridized carbons (Fsp3) is 0.744. The summed E-state index contributed by atoms with van der Waals surface area (Å²) in [6.45, 7) is 15.9. The number of amides is 4. The second kappa shape index (κ2) is 20.8. The molecule has 0 saturated carbocycles. The van der Waals surface area contributed by atoms with Gasteiger partial charge in [0.15, 0.2) is 0 Å². The predicted octanol–water partition coefficient (Wildman–Crippen LogP) is 3.53. The van der Waals surface area contributed by atoms with E-state index in [9.17, 15) is 24.3 Å². The van der Waals surface area contributed by atoms with Crippen molar-refractivity contribution in [2.24, 2.45) is 23.7 Å². The summed E-state index contributed by atoms with van der Waals surface area (Å²) in [5, 5.41) is 19.8. The molecule has 4 N–H and O–H groups in total. The first-order chi connectivity index (χ1) is 24.0. The predicted molar refractivity (Wildman–Crippen MR) is 200 cm³/mol. The van der Waals surface area contributed by atoms with Crippen LogP contribution in [0.1, 0.15) is 92.7 Å². The van der Waals surface area contributed by atoms with Crippen LogP contribution in [0, 0.1) is 23.7 Å². The van der Waals surface area contributed by atoms with E-state index in [1.807, 2.05) is 71.9 Å². The number of hydrogen-bond donors (Lipinski definition) is 4. The molecular weight excluding hydrogens is 650 g/mol. The second-order valence-electron chi connectivity index (χ2n) is 15.0. The van der Waals surface area contributed by atoms with Crippen LogP contribution in [0.25, 0.3) is 0 Å². The molecule has 1 fully saturated rings. The van der Waals surface area contributed by atoms with E-state index in [2.05, 4.69) is 16.0 Å². The van der Waals surface area contributed by atoms with E-state index in [4.69, 9.17) is 9.47 Å². The van der Waals surface area contributed by atoms with Crippen molar-refractivity contribution in [3.63, 3.8) is 0 Å². The van der Waals surface area contributed by atoms with Gasteiger partial charge in [0.2, 0.25) is 23.6 Å². The molecule has 1 aliphatic rings. The van der Waals surface area contributed by atoms with Crippen molar-refractivity contribution in [3.05, 3.63) is 35.9 Å². The van der Waals surface area contributed by atoms with Crippen LogP contribution in [0.5, 0.6) is 0 Å². The van der Waals surface area contributed by atoms with Gasteiger partial charge in [0.05, 0.1) is 54.8 Å². The largest absolute Gasteiger partial charge is 0.386 e. The lowest BCUT2D eigenvalue weighted by atomic mass is 9.89. The molecule has 1 aliphatic heterocycles. The van der Waals surface area contributed by atoms with Gasteiger partial charge in [0.1, 0.15) is 6.04 Å². The molecule has 0 spiro atoms. The molecule has 1 heterocycles. The van der Waals surface area contributed by atoms with Gasteiger partial charge in [0, 0.05) is 27.8 Å². The summed E-state index contributed by atoms with van der Waals surface area (Å²) in [6.07, 6.45) is 0.147. The summed E-state index contributed by atoms with van der Waals surface area (Å²) in [7, 11) is 6.57. The normalized spacial score (nSPS) is 20.1. The SMILES string of the molecule is CC[C@H](C)[C@@H]([C@@H](CC(=O)N1CCC[C@@H]1[C@H](OC)[C@@H](C)C(=O)N[C@H](C)[C@@H](O)c1ccccc1)OC)N(C)C(=O)C(NC(=O)[C@@H](NC)C(C)C)C(C)C. The molecule has 12 heteroatoms. The molecule has 1 aromatic carbocycles. The highest BCUT2D eigenvalue weighted by molar-refractivity contribution is 5.90. The Bertz CT molecular complexity index is 1250. The number of benzene rings is 1. The number of nitrogens with zero attached hydrogens (tertiary/aromatic N) is 2. The maximum absolute atomic E-state index is 14.1. The highest BCUT2D eigenvalue weighted by Gasteiger charge is 2.43. The standard InChI is InChI=1S/C39H67N5O7/c1-13-25(6)34(43(10)39(49)33(24(4)5)42-38(48)32(40-9)23(2)3)30(50-11)22-31(45)44-21-17-20-29(44)36(51-12)26(7)37(47)41-27(8)35(46)28-18-15-14-16-19-28/h14-16,18-19,23-27,29-30,32-36,40,46H,13,17,20-22H2,1-12H3,(H,41,47)(H,42,48)/t25-,26+,27+,29+,30+,32-,33?,34-,35+,36+/m0/s1. The van der Waals surface area contributed by atoms with Gasteiger partial charge in [0.25, 0.3) is 0 Å². The number of carbonyl (C=O) groups excluding carboxylic acids is 4. The van der Waals surface area contributed by atoms with E-state index >= 15 is 0 Å². The molecule has 51 heavy (non-hydrogen) atoms. The van der Waals surface area contributed by atoms with Crippen LogP contribution in [0.15, 0.2) is 30.3 Å². The van der Waals surface area contributed by atoms with Crippen LogP contribution in [0.2, 0.25) is 0 Å². The van der Waals surface area contributed by atoms with Gasteiger partial charge >= 0.3 is 0 Å². The van der Waals surface area contributed by atoms with Gasteiger partial charge in [-0.25, -0.2) is 0 Å². The summed E-state index contributed by atoms with van der Waals surface area (Å²) in [5.41, 5.74) is 0.711. The zero-order chi connectivity index (χ0) is 38.6. The van der Waals surface area contributed by atoms with Crippen LogP contribution < -0.4 is 16.0 Å². The molecule has 4 amide bonds. The Morgan fingerprint density at radius 1 is 0.922 bits per heavy atom. The van der Waals surface area contributed by atoms with Crippen LogP contribution in [-0.4, -0.2) is 116 Å². The summed E-state index contributed by atoms with van der Waals surface area (Å²) >= 11 is 0. The first-order valence-electron chi connectivity index (χ1n) is 18.7. The van der Waals surface area contributed by atoms with Crippen molar-refractivity contribution in [2.45, 2.75) is 130 Å². The molecule has 1 aromatic rings. The average molecular weight is 718 g/mol. The van der Waals surface area contributed by atoms with Gasteiger partial charge in [-0.3, -0.25) is 19.2 Å². The molecule has 2 rings (SSSR count). The summed E-state index contributed by atoms with van der Waals surface area (Å²) in [4.78, 5) is 58.3. The van der Waals surface area contributed by atoms with E-state index < -0.39 is 48.4 Å². The molecule has 0 bridgehead atoms. The number of likely N-dealkylation sites (N-methyl/N-ethyl adjacent to an activating group) is 2. The minimum Gasteiger partial charge on any atom is -0.386 e. The zero-order valence-corrected chi connectivity index (χ0v) is 33.1. The fourth-order valence-corrected chi connectivity index (χ4v) is 7.42. The van der Waals surface area contributed by atoms with E-state index in [1.54, 1.807) is 52.0 Å². The topological polar surface area (TPSA) is 150 Å². The number of rotatable bonds is 20. The van der Waals surface area contributed by atoms with Crippen molar-refractivity contribution >= 4 is 23.6 Å². The molecular formula is C39H67N5O7. The fourth-order valence-electron chi connectivity index (χ4n) is 7.42. The Balaban J connectivity index is 2.24. The Morgan fingerprint density at radius 2 is 1.53 bits per heavy atom. The third-order valence-electron chi connectivity index (χ3n) is 10.7. The molecule has 10 atom stereocenters. The molecule has 12 nitrogen and oxygen atoms in total. The number of ether oxygens (including phenoxy) is 2. The molecule has 0 radical (unpaired) electrons. The zero-order valence-electron chi connectivity index (χ0n) is 33.1. The molecule has 0 aliphatic carbocycles. The number of aliphatic hydroxyl groups is 1. The summed E-state index contributed by atoms with van der Waals surface area (Å²) < 4.78 is 11.9. The van der Waals surface area contributed by atoms with Crippen LogP contribution in [0.4, 0.5) is 0 Å². The van der Waals surface area contributed by atoms with Crippen molar-refractivity contribution in [1.82, 2.24) is 25.8 Å². The lowest BCUT2D eigenvalue weighted by Gasteiger charge is -2.41. The average Bonchev–Trinajstić information content (AvgIpc) is 3.59. The highest BCUT2D eigenvalue weighted by Crippen LogP contribution is 2.30. The smallest absolute Gasteiger partial charge is 0.245 e. The van der Waals surface area contributed by atoms with Gasteiger partial charge < -0.3 is 40.3 Å². The van der Waals surface area contributed by atoms with Crippen LogP contribution in [0.3, 0.4) is 0 Å². The number of nitrogens with one attached hydrogen (secondary N) is 3. The highest BCUT2D eigenvalue weighted by atomic mass is 16.5. The van der Waals surface area contributed by atoms with E-state index in [0.717, 1.165) is 12.8 Å². The number of likely N-dealkylation sites (tertiary alicyclic amines) is 1. The van der Waals surface area contributed by atoms with Crippen molar-refractivity contribution in [2.75, 3.05) is 34.9 Å². The quantitative estimate of drug-likeness (QED) is 0.160. The molecule has 0 aromatic heterocycles. The van der Waals surface area contributed by atoms with Gasteiger partial charge in [-0.15, -0.1) is 0 Å². The van der Waals surface area contributed by atoms with Crippen molar-refractivity contribution in [1.29, 1.82) is 0 Å². The van der Waals surface area contributed by atoms with E-state index in [-0.39, 0.29) is 53.8 Å². The third-order valence-corrected chi connectivity index (χ3v) is 10.7. The monoisotopic (exact) mass is 718 g/mol. The molecule has 1 saturated heterocycles. The van der Waals surface area contributed by atoms with Crippen molar-refractivity contribution in [3.8, 4) is 0 Å². The van der Waals surface area contributed by atoms with Crippen LogP contribution >= 0.6 is 0 Å². The number of carbonyl (C=O) groups is 4. The van der Waals surface area contributed by atoms with Gasteiger partial charge in [-0.05, 0) is 50.1 Å². The minimum absolute atomic E-state index is 0.0148. The van der Waals surface area contributed by atoms with Gasteiger partial charge in [-0.1, -0.05) is 85.2 Å². The maximum atomic E-state index is 14.1. The number of methoxy groups -OCH3 is 2. The maximum Gasteiger partial charge on any atom is 0.245 e.